The molecule has 0 saturated carbocycles. The summed E-state index contributed by atoms with van der Waals surface area (Å²) >= 11 is 0. The SMILES string of the molecule is C=CCOC[C@H]1[C@@H](O)[C@H]([n+]2cn(C)c3c(=O)[nH]c(N)nc32)O[C@@H]1COP(=O)(O)OP(=O)([O-])OP(=O)(O)OC[C@H]1O[C@@H](n2cnc3c(N)ncnc32)[C@H](OC)[C@@H]1OP(=O)(O)OC[C@H]1O[C@@H](n2cnc3c(=O)[nH]c(N)nc32)[C@H](O)[C@@H]1O. The number of phosphoric acid groups is 4. The highest BCUT2D eigenvalue weighted by atomic mass is 31.3. The van der Waals surface area contributed by atoms with Crippen LogP contribution in [0, 0.1) is 5.92 Å². The number of H-pyrrole nitrogens is 2. The number of nitrogen functional groups attached to an aromatic ring is 3. The van der Waals surface area contributed by atoms with Crippen LogP contribution < -0.4 is 37.8 Å². The smallest absolute Gasteiger partial charge is 0.478 e. The van der Waals surface area contributed by atoms with Crippen molar-refractivity contribution in [2.45, 2.75) is 67.5 Å². The number of aryl methyl sites for hydroxylation is 1. The molecule has 0 radical (unpaired) electrons. The van der Waals surface area contributed by atoms with E-state index in [1.54, 1.807) is 0 Å². The van der Waals surface area contributed by atoms with Crippen molar-refractivity contribution < 1.29 is 108 Å². The monoisotopic (exact) mass is 1200 g/mol. The molecular weight excluding hydrogens is 1150 g/mol. The molecule has 4 unspecified atom stereocenters. The van der Waals surface area contributed by atoms with E-state index in [1.165, 1.54) is 33.2 Å². The largest absolute Gasteiger partial charge is 0.756 e. The number of ether oxygens (including phenoxy) is 5. The molecular formula is C36H49N15O24P4. The Kier molecular flexibility index (Phi) is 16.6. The predicted octanol–water partition coefficient (Wildman–Crippen LogP) is -3.88. The topological polar surface area (TPSA) is 554 Å². The summed E-state index contributed by atoms with van der Waals surface area (Å²) in [6.45, 7) is -0.0676. The Balaban J connectivity index is 0.873. The van der Waals surface area contributed by atoms with Crippen LogP contribution in [0.4, 0.5) is 17.7 Å². The molecule has 0 aliphatic carbocycles. The molecule has 432 valence electrons. The average molecular weight is 1200 g/mol. The van der Waals surface area contributed by atoms with Gasteiger partial charge >= 0.3 is 29.1 Å². The van der Waals surface area contributed by atoms with Gasteiger partial charge in [0.1, 0.15) is 54.6 Å². The van der Waals surface area contributed by atoms with Crippen LogP contribution >= 0.6 is 31.3 Å². The van der Waals surface area contributed by atoms with Gasteiger partial charge in [-0.1, -0.05) is 11.1 Å². The molecule has 3 aliphatic rings. The van der Waals surface area contributed by atoms with E-state index in [4.69, 9.17) is 59.0 Å². The van der Waals surface area contributed by atoms with Crippen molar-refractivity contribution in [1.82, 2.24) is 53.6 Å². The number of phosphoric ester groups is 3. The molecule has 3 saturated heterocycles. The zero-order valence-electron chi connectivity index (χ0n) is 40.6. The second-order valence-corrected chi connectivity index (χ2v) is 23.4. The molecule has 3 aliphatic heterocycles. The highest BCUT2D eigenvalue weighted by molar-refractivity contribution is 7.66. The number of anilines is 3. The van der Waals surface area contributed by atoms with E-state index < -0.39 is 136 Å². The molecule has 39 nitrogen and oxygen atoms in total. The van der Waals surface area contributed by atoms with Crippen LogP contribution in [-0.4, -0.2) is 173 Å². The number of fused-ring (bicyclic) bond motifs is 3. The first-order valence-corrected chi connectivity index (χ1v) is 28.6. The van der Waals surface area contributed by atoms with Crippen LogP contribution in [0.1, 0.15) is 18.7 Å². The molecule has 16 atom stereocenters. The van der Waals surface area contributed by atoms with Crippen molar-refractivity contribution in [3.63, 3.8) is 0 Å². The lowest BCUT2D eigenvalue weighted by molar-refractivity contribution is -0.745. The Hall–Kier alpha value is -5.41. The summed E-state index contributed by atoms with van der Waals surface area (Å²) < 4.78 is 116. The molecule has 14 N–H and O–H groups in total. The fourth-order valence-corrected chi connectivity index (χ4v) is 13.3. The van der Waals surface area contributed by atoms with Crippen LogP contribution in [0.25, 0.3) is 33.5 Å². The molecule has 6 aromatic heterocycles. The Bertz CT molecular complexity index is 3580. The molecule has 0 bridgehead atoms. The lowest BCUT2D eigenvalue weighted by Crippen LogP contribution is -2.45. The number of hydrogen-bond acceptors (Lipinski definition) is 30. The number of aromatic amines is 2. The maximum atomic E-state index is 13.7. The summed E-state index contributed by atoms with van der Waals surface area (Å²) in [5.74, 6) is -1.78. The van der Waals surface area contributed by atoms with Gasteiger partial charge in [0.25, 0.3) is 24.9 Å². The molecule has 9 heterocycles. The van der Waals surface area contributed by atoms with Gasteiger partial charge < -0.3 is 75.8 Å². The number of aliphatic hydroxyl groups is 3. The molecule has 0 aromatic carbocycles. The molecule has 9 rings (SSSR count). The second-order valence-electron chi connectivity index (χ2n) is 17.4. The van der Waals surface area contributed by atoms with Crippen molar-refractivity contribution in [2.75, 3.05) is 57.3 Å². The summed E-state index contributed by atoms with van der Waals surface area (Å²) in [6, 6.07) is 0. The minimum Gasteiger partial charge on any atom is -0.756 e. The number of nitrogens with one attached hydrogen (secondary N) is 2. The first-order chi connectivity index (χ1) is 37.2. The zero-order valence-corrected chi connectivity index (χ0v) is 44.2. The maximum Gasteiger partial charge on any atom is 0.478 e. The van der Waals surface area contributed by atoms with Gasteiger partial charge in [0, 0.05) is 13.0 Å². The number of rotatable bonds is 23. The number of aliphatic hydroxyl groups excluding tert-OH is 3. The average Bonchev–Trinajstić information content (AvgIpc) is 4.43. The van der Waals surface area contributed by atoms with Crippen LogP contribution in [0.3, 0.4) is 0 Å². The highest BCUT2D eigenvalue weighted by Crippen LogP contribution is 2.66. The van der Waals surface area contributed by atoms with Crippen molar-refractivity contribution in [3.05, 3.63) is 58.7 Å². The minimum absolute atomic E-state index is 0.00431. The summed E-state index contributed by atoms with van der Waals surface area (Å²) in [5.41, 5.74) is 15.7. The quantitative estimate of drug-likeness (QED) is 0.0126. The zero-order chi connectivity index (χ0) is 57.1. The molecule has 6 aromatic rings. The van der Waals surface area contributed by atoms with E-state index >= 15 is 0 Å². The number of hydrogen-bond donors (Lipinski definition) is 11. The second kappa shape index (κ2) is 22.5. The minimum atomic E-state index is -6.45. The Labute approximate surface area is 439 Å². The van der Waals surface area contributed by atoms with Crippen molar-refractivity contribution in [1.29, 1.82) is 0 Å². The van der Waals surface area contributed by atoms with Crippen LogP contribution in [-0.2, 0) is 75.7 Å². The van der Waals surface area contributed by atoms with Crippen molar-refractivity contribution in [2.24, 2.45) is 13.0 Å². The fraction of sp³-hybridized carbons (Fsp3) is 0.528. The number of methoxy groups -OCH3 is 1. The number of aromatic nitrogens is 12. The lowest BCUT2D eigenvalue weighted by atomic mass is 9.99. The maximum absolute atomic E-state index is 13.7. The Morgan fingerprint density at radius 2 is 1.37 bits per heavy atom. The van der Waals surface area contributed by atoms with Gasteiger partial charge in [-0.15, -0.1) is 6.58 Å². The third kappa shape index (κ3) is 12.1. The first kappa shape index (κ1) is 58.3. The van der Waals surface area contributed by atoms with E-state index in [9.17, 15) is 62.7 Å². The molecule has 3 fully saturated rings. The standard InChI is InChI=1S/C36H49N15O24P4/c1-4-5-66-6-14-15(70-32(21(14)52)51-13-48(2)20-29(51)45-36(39)47-31(20)56)7-68-77(59,60)74-79(63,64)75-78(61,62)69-9-17-24(25(65-3)34(72-17)49-11-42-18-26(37)40-10-41-27(18)49)73-76(57,58)67-8-16-22(53)23(54)33(71-16)50-12-43-19-28(50)44-35(38)46-30(19)55/h4,10-17,21-25,32-34,52-54H,1,5-9H2,2-3H3,(H11-,37,38,39,40,41,44,45,46,47,55,56,57,58,59,60,61,62,63,64)/t14-,15-,16-,17-,21-,22-,23-,24-,25-,32-,33-,34-/m1/s1. The first-order valence-electron chi connectivity index (χ1n) is 22.7. The van der Waals surface area contributed by atoms with E-state index in [2.05, 4.69) is 55.1 Å². The molecule has 43 heteroatoms. The Morgan fingerprint density at radius 1 is 0.759 bits per heavy atom. The number of nitrogens with two attached hydrogens (primary N) is 3. The van der Waals surface area contributed by atoms with Crippen LogP contribution in [0.5, 0.6) is 0 Å². The highest BCUT2D eigenvalue weighted by Gasteiger charge is 2.53. The lowest BCUT2D eigenvalue weighted by Gasteiger charge is -2.28. The van der Waals surface area contributed by atoms with Gasteiger partial charge in [0.2, 0.25) is 17.7 Å². The van der Waals surface area contributed by atoms with Gasteiger partial charge in [-0.05, 0) is 0 Å². The summed E-state index contributed by atoms with van der Waals surface area (Å²) in [6.07, 6.45) is -11.8. The molecule has 79 heavy (non-hydrogen) atoms. The predicted molar refractivity (Wildman–Crippen MR) is 255 cm³/mol. The number of nitrogens with zero attached hydrogens (tertiary/aromatic N) is 10. The van der Waals surface area contributed by atoms with Gasteiger partial charge in [-0.2, -0.15) is 4.98 Å². The summed E-state index contributed by atoms with van der Waals surface area (Å²) in [5, 5.41) is 33.2. The van der Waals surface area contributed by atoms with Gasteiger partial charge in [0.15, 0.2) is 41.4 Å². The molecule has 0 amide bonds. The van der Waals surface area contributed by atoms with Crippen LogP contribution in [0.15, 0.2) is 47.6 Å². The summed E-state index contributed by atoms with van der Waals surface area (Å²) in [7, 11) is -21.2. The molecule has 0 spiro atoms. The van der Waals surface area contributed by atoms with E-state index in [1.807, 2.05) is 0 Å². The summed E-state index contributed by atoms with van der Waals surface area (Å²) in [4.78, 5) is 99.0. The van der Waals surface area contributed by atoms with Gasteiger partial charge in [-0.3, -0.25) is 55.9 Å². The van der Waals surface area contributed by atoms with Gasteiger partial charge in [-0.25, -0.2) is 46.8 Å². The van der Waals surface area contributed by atoms with E-state index in [-0.39, 0.29) is 64.4 Å². The van der Waals surface area contributed by atoms with Crippen molar-refractivity contribution >= 4 is 82.5 Å². The normalized spacial score (nSPS) is 29.5. The Morgan fingerprint density at radius 3 is 2.05 bits per heavy atom. The van der Waals surface area contributed by atoms with Gasteiger partial charge in [0.05, 0.1) is 58.8 Å². The third-order valence-corrected chi connectivity index (χ3v) is 17.5. The van der Waals surface area contributed by atoms with E-state index in [0.717, 1.165) is 30.7 Å². The fourth-order valence-electron chi connectivity index (χ4n) is 8.86. The van der Waals surface area contributed by atoms with Crippen molar-refractivity contribution in [3.8, 4) is 0 Å². The van der Waals surface area contributed by atoms with Crippen LogP contribution in [0.2, 0.25) is 0 Å². The number of imidazole rings is 3. The van der Waals surface area contributed by atoms with E-state index in [0.29, 0.717) is 0 Å². The third-order valence-electron chi connectivity index (χ3n) is 12.3.